The van der Waals surface area contributed by atoms with E-state index in [1.807, 2.05) is 16.5 Å². The van der Waals surface area contributed by atoms with Crippen molar-refractivity contribution in [2.24, 2.45) is 5.92 Å². The topological polar surface area (TPSA) is 68.6 Å². The van der Waals surface area contributed by atoms with Crippen LogP contribution in [0.15, 0.2) is 6.07 Å². The molecule has 0 spiro atoms. The number of ether oxygens (including phenoxy) is 2. The zero-order valence-corrected chi connectivity index (χ0v) is 16.5. The maximum absolute atomic E-state index is 13.2. The number of amides is 1. The summed E-state index contributed by atoms with van der Waals surface area (Å²) in [6.07, 6.45) is 5.00. The van der Waals surface area contributed by atoms with Crippen molar-refractivity contribution >= 4 is 5.91 Å². The summed E-state index contributed by atoms with van der Waals surface area (Å²) in [5, 5.41) is 8.27. The van der Waals surface area contributed by atoms with Crippen molar-refractivity contribution in [2.45, 2.75) is 70.3 Å². The molecular formula is C20H32N4O3. The molecule has 27 heavy (non-hydrogen) atoms. The molecular weight excluding hydrogens is 344 g/mol. The van der Waals surface area contributed by atoms with Crippen molar-refractivity contribution in [3.63, 3.8) is 0 Å². The minimum Gasteiger partial charge on any atom is -0.381 e. The molecule has 3 heterocycles. The molecule has 1 saturated carbocycles. The van der Waals surface area contributed by atoms with Gasteiger partial charge in [-0.3, -0.25) is 9.48 Å². The molecule has 0 unspecified atom stereocenters. The first kappa shape index (κ1) is 18.9. The van der Waals surface area contributed by atoms with Gasteiger partial charge in [0.15, 0.2) is 0 Å². The van der Waals surface area contributed by atoms with Gasteiger partial charge in [0.25, 0.3) is 0 Å². The molecule has 3 atom stereocenters. The molecule has 3 aliphatic rings. The Kier molecular flexibility index (Phi) is 5.80. The van der Waals surface area contributed by atoms with Crippen molar-refractivity contribution in [3.05, 3.63) is 17.5 Å². The maximum atomic E-state index is 13.2. The largest absolute Gasteiger partial charge is 0.381 e. The van der Waals surface area contributed by atoms with E-state index in [0.29, 0.717) is 18.5 Å². The molecule has 1 N–H and O–H groups in total. The number of aromatic nitrogens is 2. The summed E-state index contributed by atoms with van der Waals surface area (Å²) >= 11 is 0. The third-order valence-electron chi connectivity index (χ3n) is 6.34. The molecule has 1 saturated heterocycles. The lowest BCUT2D eigenvalue weighted by molar-refractivity contribution is -0.139. The molecule has 0 aromatic carbocycles. The van der Waals surface area contributed by atoms with Crippen molar-refractivity contribution in [2.75, 3.05) is 26.9 Å². The number of nitrogens with zero attached hydrogens (tertiary/aromatic N) is 3. The molecule has 7 heteroatoms. The Labute approximate surface area is 161 Å². The van der Waals surface area contributed by atoms with E-state index >= 15 is 0 Å². The van der Waals surface area contributed by atoms with Gasteiger partial charge < -0.3 is 19.7 Å². The van der Waals surface area contributed by atoms with Crippen molar-refractivity contribution < 1.29 is 14.3 Å². The van der Waals surface area contributed by atoms with Gasteiger partial charge in [-0.1, -0.05) is 0 Å². The van der Waals surface area contributed by atoms with Crippen LogP contribution in [-0.4, -0.2) is 65.6 Å². The van der Waals surface area contributed by atoms with Crippen LogP contribution in [0.3, 0.4) is 0 Å². The van der Waals surface area contributed by atoms with Gasteiger partial charge in [-0.2, -0.15) is 5.10 Å². The van der Waals surface area contributed by atoms with Crippen LogP contribution < -0.4 is 5.32 Å². The SMILES string of the molecule is CO[C@@H]1CC[C@H](C(=O)N2CCn3nc(C)cc3C2)C[C@H]1NC1CCOCC1. The van der Waals surface area contributed by atoms with Gasteiger partial charge in [-0.15, -0.1) is 0 Å². The molecule has 1 aromatic rings. The molecule has 150 valence electrons. The quantitative estimate of drug-likeness (QED) is 0.862. The van der Waals surface area contributed by atoms with Gasteiger partial charge in [-0.05, 0) is 45.1 Å². The summed E-state index contributed by atoms with van der Waals surface area (Å²) in [5.41, 5.74) is 2.18. The zero-order valence-electron chi connectivity index (χ0n) is 16.5. The Morgan fingerprint density at radius 2 is 2.07 bits per heavy atom. The molecule has 1 amide bonds. The molecule has 1 aliphatic carbocycles. The van der Waals surface area contributed by atoms with Gasteiger partial charge in [0, 0.05) is 44.9 Å². The van der Waals surface area contributed by atoms with Crippen molar-refractivity contribution in [3.8, 4) is 0 Å². The van der Waals surface area contributed by atoms with Crippen LogP contribution in [0.1, 0.15) is 43.5 Å². The number of carbonyl (C=O) groups excluding carboxylic acids is 1. The third-order valence-corrected chi connectivity index (χ3v) is 6.34. The molecule has 7 nitrogen and oxygen atoms in total. The fourth-order valence-corrected chi connectivity index (χ4v) is 4.85. The fraction of sp³-hybridized carbons (Fsp3) is 0.800. The highest BCUT2D eigenvalue weighted by Gasteiger charge is 2.37. The van der Waals surface area contributed by atoms with E-state index in [4.69, 9.17) is 9.47 Å². The van der Waals surface area contributed by atoms with Crippen LogP contribution >= 0.6 is 0 Å². The summed E-state index contributed by atoms with van der Waals surface area (Å²) in [6, 6.07) is 2.82. The second-order valence-electron chi connectivity index (χ2n) is 8.20. The molecule has 4 rings (SSSR count). The number of rotatable bonds is 4. The van der Waals surface area contributed by atoms with Crippen LogP contribution in [0.25, 0.3) is 0 Å². The first-order valence-corrected chi connectivity index (χ1v) is 10.3. The maximum Gasteiger partial charge on any atom is 0.226 e. The van der Waals surface area contributed by atoms with Crippen LogP contribution in [0, 0.1) is 12.8 Å². The molecule has 0 bridgehead atoms. The minimum absolute atomic E-state index is 0.0873. The fourth-order valence-electron chi connectivity index (χ4n) is 4.85. The first-order valence-electron chi connectivity index (χ1n) is 10.3. The van der Waals surface area contributed by atoms with Crippen LogP contribution in [0.4, 0.5) is 0 Å². The summed E-state index contributed by atoms with van der Waals surface area (Å²) in [7, 11) is 1.79. The highest BCUT2D eigenvalue weighted by Crippen LogP contribution is 2.30. The van der Waals surface area contributed by atoms with E-state index in [2.05, 4.69) is 16.5 Å². The predicted octanol–water partition coefficient (Wildman–Crippen LogP) is 1.49. The number of aryl methyl sites for hydroxylation is 1. The van der Waals surface area contributed by atoms with Gasteiger partial charge >= 0.3 is 0 Å². The number of nitrogens with one attached hydrogen (secondary N) is 1. The minimum atomic E-state index is 0.0873. The van der Waals surface area contributed by atoms with E-state index in [-0.39, 0.29) is 18.1 Å². The Balaban J connectivity index is 1.38. The monoisotopic (exact) mass is 376 g/mol. The number of fused-ring (bicyclic) bond motifs is 1. The number of hydrogen-bond acceptors (Lipinski definition) is 5. The van der Waals surface area contributed by atoms with Crippen LogP contribution in [-0.2, 0) is 27.4 Å². The third kappa shape index (κ3) is 4.20. The normalized spacial score (nSPS) is 29.6. The molecule has 2 aliphatic heterocycles. The zero-order chi connectivity index (χ0) is 18.8. The second kappa shape index (κ2) is 8.29. The van der Waals surface area contributed by atoms with Crippen LogP contribution in [0.2, 0.25) is 0 Å². The van der Waals surface area contributed by atoms with E-state index in [0.717, 1.165) is 69.8 Å². The standard InChI is InChI=1S/C20H32N4O3/c1-14-11-17-13-23(7-8-24(17)22-14)20(25)15-3-4-19(26-2)18(12-15)21-16-5-9-27-10-6-16/h11,15-16,18-19,21H,3-10,12-13H2,1-2H3/t15-,18+,19+/m0/s1. The summed E-state index contributed by atoms with van der Waals surface area (Å²) in [5.74, 6) is 0.387. The average Bonchev–Trinajstić information content (AvgIpc) is 3.07. The predicted molar refractivity (Wildman–Crippen MR) is 101 cm³/mol. The van der Waals surface area contributed by atoms with Crippen molar-refractivity contribution in [1.29, 1.82) is 0 Å². The number of carbonyl (C=O) groups is 1. The van der Waals surface area contributed by atoms with Gasteiger partial charge in [0.05, 0.1) is 30.6 Å². The smallest absolute Gasteiger partial charge is 0.226 e. The molecule has 2 fully saturated rings. The Hall–Kier alpha value is -1.44. The number of hydrogen-bond donors (Lipinski definition) is 1. The Morgan fingerprint density at radius 3 is 2.85 bits per heavy atom. The lowest BCUT2D eigenvalue weighted by Crippen LogP contribution is -2.53. The molecule has 0 radical (unpaired) electrons. The van der Waals surface area contributed by atoms with E-state index in [9.17, 15) is 4.79 Å². The van der Waals surface area contributed by atoms with E-state index < -0.39 is 0 Å². The van der Waals surface area contributed by atoms with Gasteiger partial charge in [0.2, 0.25) is 5.91 Å². The first-order chi connectivity index (χ1) is 13.1. The summed E-state index contributed by atoms with van der Waals surface area (Å²) in [4.78, 5) is 15.2. The Bertz CT molecular complexity index is 656. The average molecular weight is 377 g/mol. The van der Waals surface area contributed by atoms with Crippen LogP contribution in [0.5, 0.6) is 0 Å². The lowest BCUT2D eigenvalue weighted by atomic mass is 9.82. The summed E-state index contributed by atoms with van der Waals surface area (Å²) < 4.78 is 13.2. The van der Waals surface area contributed by atoms with E-state index in [1.54, 1.807) is 7.11 Å². The number of methoxy groups -OCH3 is 1. The highest BCUT2D eigenvalue weighted by atomic mass is 16.5. The lowest BCUT2D eigenvalue weighted by Gasteiger charge is -2.40. The van der Waals surface area contributed by atoms with Crippen molar-refractivity contribution in [1.82, 2.24) is 20.0 Å². The molecule has 1 aromatic heterocycles. The highest BCUT2D eigenvalue weighted by molar-refractivity contribution is 5.79. The Morgan fingerprint density at radius 1 is 1.26 bits per heavy atom. The summed E-state index contributed by atoms with van der Waals surface area (Å²) in [6.45, 7) is 5.90. The van der Waals surface area contributed by atoms with Gasteiger partial charge in [0.1, 0.15) is 0 Å². The second-order valence-corrected chi connectivity index (χ2v) is 8.20. The van der Waals surface area contributed by atoms with Gasteiger partial charge in [-0.25, -0.2) is 0 Å². The van der Waals surface area contributed by atoms with E-state index in [1.165, 1.54) is 0 Å².